The fourth-order valence-corrected chi connectivity index (χ4v) is 4.18. The largest absolute Gasteiger partial charge is 0.492 e. The Morgan fingerprint density at radius 3 is 2.67 bits per heavy atom. The fraction of sp³-hybridized carbons (Fsp3) is 0.391. The Kier molecular flexibility index (Phi) is 5.88. The highest BCUT2D eigenvalue weighted by molar-refractivity contribution is 5.95. The summed E-state index contributed by atoms with van der Waals surface area (Å²) in [5, 5.41) is 2.79. The van der Waals surface area contributed by atoms with Crippen molar-refractivity contribution in [1.29, 1.82) is 0 Å². The molecule has 2 heterocycles. The van der Waals surface area contributed by atoms with Gasteiger partial charge in [0.05, 0.1) is 18.8 Å². The highest BCUT2D eigenvalue weighted by atomic mass is 19.1. The summed E-state index contributed by atoms with van der Waals surface area (Å²) in [7, 11) is 0. The average Bonchev–Trinajstić information content (AvgIpc) is 3.16. The van der Waals surface area contributed by atoms with E-state index in [4.69, 9.17) is 4.74 Å². The third-order valence-corrected chi connectivity index (χ3v) is 5.67. The molecular weight excluding hydrogens is 385 g/mol. The van der Waals surface area contributed by atoms with Crippen LogP contribution in [0.2, 0.25) is 0 Å². The zero-order valence-corrected chi connectivity index (χ0v) is 17.0. The maximum Gasteiger partial charge on any atom is 0.322 e. The summed E-state index contributed by atoms with van der Waals surface area (Å²) in [6, 6.07) is 13.8. The predicted octanol–water partition coefficient (Wildman–Crippen LogP) is 3.61. The summed E-state index contributed by atoms with van der Waals surface area (Å²) in [6.45, 7) is 3.29. The number of rotatable bonds is 4. The molecule has 3 amide bonds. The number of ether oxygens (including phenoxy) is 1. The summed E-state index contributed by atoms with van der Waals surface area (Å²) >= 11 is 0. The van der Waals surface area contributed by atoms with Gasteiger partial charge in [-0.15, -0.1) is 0 Å². The van der Waals surface area contributed by atoms with Crippen molar-refractivity contribution in [2.45, 2.75) is 38.5 Å². The molecule has 1 fully saturated rings. The van der Waals surface area contributed by atoms with E-state index < -0.39 is 18.2 Å². The molecule has 1 saturated heterocycles. The zero-order valence-electron chi connectivity index (χ0n) is 17.0. The average molecular weight is 411 g/mol. The molecule has 0 aromatic heterocycles. The molecule has 6 nitrogen and oxygen atoms in total. The maximum absolute atomic E-state index is 14.3. The van der Waals surface area contributed by atoms with Gasteiger partial charge in [-0.2, -0.15) is 0 Å². The lowest BCUT2D eigenvalue weighted by Gasteiger charge is -2.33. The molecule has 0 aliphatic carbocycles. The smallest absolute Gasteiger partial charge is 0.322 e. The molecule has 158 valence electrons. The molecule has 1 N–H and O–H groups in total. The summed E-state index contributed by atoms with van der Waals surface area (Å²) < 4.78 is 19.8. The number of carbonyl (C=O) groups is 2. The van der Waals surface area contributed by atoms with Gasteiger partial charge >= 0.3 is 6.03 Å². The topological polar surface area (TPSA) is 61.9 Å². The highest BCUT2D eigenvalue weighted by Gasteiger charge is 2.42. The summed E-state index contributed by atoms with van der Waals surface area (Å²) in [6.07, 6.45) is -0.428. The van der Waals surface area contributed by atoms with E-state index in [1.165, 1.54) is 10.5 Å². The van der Waals surface area contributed by atoms with E-state index in [0.29, 0.717) is 31.1 Å². The number of fused-ring (bicyclic) bond motifs is 1. The number of carbonyl (C=O) groups excluding carboxylic acids is 2. The lowest BCUT2D eigenvalue weighted by Crippen LogP contribution is -2.50. The monoisotopic (exact) mass is 411 g/mol. The van der Waals surface area contributed by atoms with Crippen molar-refractivity contribution in [3.05, 3.63) is 59.7 Å². The van der Waals surface area contributed by atoms with Crippen LogP contribution in [0.4, 0.5) is 14.9 Å². The van der Waals surface area contributed by atoms with Crippen molar-refractivity contribution in [3.63, 3.8) is 0 Å². The van der Waals surface area contributed by atoms with Crippen molar-refractivity contribution < 1.29 is 18.7 Å². The van der Waals surface area contributed by atoms with Gasteiger partial charge in [0.15, 0.2) is 0 Å². The van der Waals surface area contributed by atoms with Crippen LogP contribution < -0.4 is 10.1 Å². The third-order valence-electron chi connectivity index (χ3n) is 5.67. The number of likely N-dealkylation sites (tertiary alicyclic amines) is 1. The number of para-hydroxylation sites is 2. The van der Waals surface area contributed by atoms with Gasteiger partial charge < -0.3 is 19.9 Å². The van der Waals surface area contributed by atoms with E-state index in [1.807, 2.05) is 31.2 Å². The first-order valence-electron chi connectivity index (χ1n) is 10.4. The van der Waals surface area contributed by atoms with Gasteiger partial charge in [-0.05, 0) is 36.6 Å². The molecule has 2 atom stereocenters. The quantitative estimate of drug-likeness (QED) is 0.836. The number of urea groups is 1. The fourth-order valence-electron chi connectivity index (χ4n) is 4.18. The maximum atomic E-state index is 14.3. The minimum atomic E-state index is -1.22. The van der Waals surface area contributed by atoms with E-state index >= 15 is 0 Å². The number of nitrogens with zero attached hydrogens (tertiary/aromatic N) is 2. The second-order valence-corrected chi connectivity index (χ2v) is 7.64. The molecule has 2 aliphatic heterocycles. The van der Waals surface area contributed by atoms with E-state index in [0.717, 1.165) is 12.0 Å². The number of hydrogen-bond donors (Lipinski definition) is 1. The number of hydrogen-bond acceptors (Lipinski definition) is 3. The van der Waals surface area contributed by atoms with Crippen LogP contribution >= 0.6 is 0 Å². The number of amides is 3. The molecule has 0 unspecified atom stereocenters. The molecule has 0 saturated carbocycles. The predicted molar refractivity (Wildman–Crippen MR) is 112 cm³/mol. The first kappa shape index (κ1) is 20.2. The lowest BCUT2D eigenvalue weighted by atomic mass is 9.99. The van der Waals surface area contributed by atoms with Crippen LogP contribution in [0.3, 0.4) is 0 Å². The Morgan fingerprint density at radius 1 is 1.13 bits per heavy atom. The molecule has 0 radical (unpaired) electrons. The van der Waals surface area contributed by atoms with Crippen molar-refractivity contribution in [2.75, 3.05) is 25.0 Å². The van der Waals surface area contributed by atoms with Crippen LogP contribution in [0.25, 0.3) is 0 Å². The normalized spacial score (nSPS) is 20.6. The Hall–Kier alpha value is -3.09. The number of anilines is 1. The number of nitrogens with one attached hydrogen (secondary N) is 1. The Bertz CT molecular complexity index is 935. The van der Waals surface area contributed by atoms with Gasteiger partial charge in [-0.3, -0.25) is 4.79 Å². The van der Waals surface area contributed by atoms with E-state index in [2.05, 4.69) is 11.4 Å². The van der Waals surface area contributed by atoms with Gasteiger partial charge in [-0.25, -0.2) is 9.18 Å². The third kappa shape index (κ3) is 4.10. The van der Waals surface area contributed by atoms with Crippen LogP contribution in [0.15, 0.2) is 48.5 Å². The Labute approximate surface area is 175 Å². The second-order valence-electron chi connectivity index (χ2n) is 7.64. The molecular formula is C23H26FN3O3. The van der Waals surface area contributed by atoms with E-state index in [-0.39, 0.29) is 18.9 Å². The highest BCUT2D eigenvalue weighted by Crippen LogP contribution is 2.28. The molecule has 2 aromatic carbocycles. The summed E-state index contributed by atoms with van der Waals surface area (Å²) in [5.41, 5.74) is 2.84. The Morgan fingerprint density at radius 2 is 1.87 bits per heavy atom. The minimum Gasteiger partial charge on any atom is -0.492 e. The van der Waals surface area contributed by atoms with Crippen molar-refractivity contribution in [2.24, 2.45) is 0 Å². The molecule has 2 aromatic rings. The summed E-state index contributed by atoms with van der Waals surface area (Å²) in [4.78, 5) is 29.2. The van der Waals surface area contributed by atoms with E-state index in [1.54, 1.807) is 23.1 Å². The van der Waals surface area contributed by atoms with Crippen molar-refractivity contribution in [3.8, 4) is 5.75 Å². The standard InChI is InChI=1S/C23H26FN3O3/c1-2-30-21-10-6-5-9-19(21)25-23(29)27-15-18(24)13-20(27)22(28)26-12-11-16-7-3-4-8-17(16)14-26/h3-10,18,20H,2,11-15H2,1H3,(H,25,29)/t18-,20-/m0/s1. The molecule has 0 spiro atoms. The minimum absolute atomic E-state index is 0.0253. The van der Waals surface area contributed by atoms with Crippen molar-refractivity contribution >= 4 is 17.6 Å². The SMILES string of the molecule is CCOc1ccccc1NC(=O)N1C[C@@H](F)C[C@H]1C(=O)N1CCc2ccccc2C1. The molecule has 0 bridgehead atoms. The lowest BCUT2D eigenvalue weighted by molar-refractivity contribution is -0.136. The first-order chi connectivity index (χ1) is 14.6. The van der Waals surface area contributed by atoms with Gasteiger partial charge in [-0.1, -0.05) is 36.4 Å². The number of benzene rings is 2. The molecule has 2 aliphatic rings. The van der Waals surface area contributed by atoms with Gasteiger partial charge in [0.25, 0.3) is 0 Å². The number of alkyl halides is 1. The first-order valence-corrected chi connectivity index (χ1v) is 10.4. The van der Waals surface area contributed by atoms with Crippen LogP contribution in [-0.4, -0.2) is 53.6 Å². The second kappa shape index (κ2) is 8.73. The number of halogens is 1. The zero-order chi connectivity index (χ0) is 21.1. The molecule has 4 rings (SSSR count). The van der Waals surface area contributed by atoms with Crippen molar-refractivity contribution in [1.82, 2.24) is 9.80 Å². The van der Waals surface area contributed by atoms with Crippen LogP contribution in [0.1, 0.15) is 24.5 Å². The Balaban J connectivity index is 1.48. The van der Waals surface area contributed by atoms with Gasteiger partial charge in [0, 0.05) is 19.5 Å². The van der Waals surface area contributed by atoms with Crippen LogP contribution in [0, 0.1) is 0 Å². The van der Waals surface area contributed by atoms with E-state index in [9.17, 15) is 14.0 Å². The van der Waals surface area contributed by atoms with Gasteiger partial charge in [0.2, 0.25) is 5.91 Å². The molecule has 7 heteroatoms. The van der Waals surface area contributed by atoms with Gasteiger partial charge in [0.1, 0.15) is 18.0 Å². The summed E-state index contributed by atoms with van der Waals surface area (Å²) in [5.74, 6) is 0.345. The molecule has 30 heavy (non-hydrogen) atoms. The van der Waals surface area contributed by atoms with Crippen LogP contribution in [0.5, 0.6) is 5.75 Å². The van der Waals surface area contributed by atoms with Crippen LogP contribution in [-0.2, 0) is 17.8 Å².